The molecule has 0 saturated heterocycles. The largest absolute Gasteiger partial charge is 0.419 e. The van der Waals surface area contributed by atoms with Crippen LogP contribution in [0.4, 0.5) is 17.6 Å². The molecule has 1 saturated carbocycles. The van der Waals surface area contributed by atoms with Gasteiger partial charge in [-0.3, -0.25) is 4.79 Å². The summed E-state index contributed by atoms with van der Waals surface area (Å²) in [6.07, 6.45) is -3.92. The van der Waals surface area contributed by atoms with Gasteiger partial charge in [0.25, 0.3) is 0 Å². The number of carbonyl (C=O) groups excluding carboxylic acids is 1. The molecule has 92 valence electrons. The predicted octanol–water partition coefficient (Wildman–Crippen LogP) is 2.52. The van der Waals surface area contributed by atoms with Crippen molar-refractivity contribution in [1.82, 2.24) is 0 Å². The van der Waals surface area contributed by atoms with Crippen molar-refractivity contribution in [1.29, 1.82) is 0 Å². The van der Waals surface area contributed by atoms with Gasteiger partial charge in [-0.2, -0.15) is 13.2 Å². The van der Waals surface area contributed by atoms with Crippen molar-refractivity contribution >= 4 is 5.78 Å². The number of hydrogen-bond donors (Lipinski definition) is 1. The first-order valence-corrected chi connectivity index (χ1v) is 4.94. The predicted molar refractivity (Wildman–Crippen MR) is 51.9 cm³/mol. The van der Waals surface area contributed by atoms with Crippen molar-refractivity contribution in [2.24, 2.45) is 5.73 Å². The Labute approximate surface area is 94.4 Å². The van der Waals surface area contributed by atoms with Gasteiger partial charge in [0, 0.05) is 5.56 Å². The highest BCUT2D eigenvalue weighted by molar-refractivity contribution is 6.05. The summed E-state index contributed by atoms with van der Waals surface area (Å²) >= 11 is 0. The van der Waals surface area contributed by atoms with Crippen LogP contribution in [0.3, 0.4) is 0 Å². The highest BCUT2D eigenvalue weighted by Crippen LogP contribution is 2.37. The van der Waals surface area contributed by atoms with Gasteiger partial charge in [-0.1, -0.05) is 0 Å². The Hall–Kier alpha value is -1.43. The van der Waals surface area contributed by atoms with Crippen molar-refractivity contribution in [3.63, 3.8) is 0 Å². The van der Waals surface area contributed by atoms with Crippen LogP contribution in [0.5, 0.6) is 0 Å². The van der Waals surface area contributed by atoms with Crippen LogP contribution >= 0.6 is 0 Å². The van der Waals surface area contributed by atoms with Gasteiger partial charge in [0.1, 0.15) is 5.82 Å². The lowest BCUT2D eigenvalue weighted by molar-refractivity contribution is -0.140. The Kier molecular flexibility index (Phi) is 2.50. The molecule has 0 aliphatic heterocycles. The van der Waals surface area contributed by atoms with E-state index in [1.54, 1.807) is 0 Å². The van der Waals surface area contributed by atoms with Crippen LogP contribution in [-0.4, -0.2) is 11.3 Å². The van der Waals surface area contributed by atoms with Crippen LogP contribution in [0.2, 0.25) is 0 Å². The summed E-state index contributed by atoms with van der Waals surface area (Å²) in [6.45, 7) is 0. The molecule has 0 bridgehead atoms. The maximum atomic E-state index is 13.0. The van der Waals surface area contributed by atoms with Crippen molar-refractivity contribution in [3.8, 4) is 0 Å². The van der Waals surface area contributed by atoms with E-state index in [-0.39, 0.29) is 5.56 Å². The highest BCUT2D eigenvalue weighted by atomic mass is 19.4. The van der Waals surface area contributed by atoms with Crippen molar-refractivity contribution in [2.45, 2.75) is 24.6 Å². The van der Waals surface area contributed by atoms with Crippen LogP contribution in [0.25, 0.3) is 0 Å². The first kappa shape index (κ1) is 12.0. The third kappa shape index (κ3) is 2.17. The fourth-order valence-electron chi connectivity index (χ4n) is 1.53. The lowest BCUT2D eigenvalue weighted by atomic mass is 10.0. The van der Waals surface area contributed by atoms with E-state index in [1.165, 1.54) is 0 Å². The first-order valence-electron chi connectivity index (χ1n) is 4.94. The maximum Gasteiger partial charge on any atom is 0.419 e. The summed E-state index contributed by atoms with van der Waals surface area (Å²) < 4.78 is 50.2. The normalized spacial score (nSPS) is 17.9. The van der Waals surface area contributed by atoms with Gasteiger partial charge in [0.15, 0.2) is 5.78 Å². The number of rotatable bonds is 2. The molecule has 1 aromatic rings. The number of ketones is 1. The standard InChI is InChI=1S/C11H9F4NO/c12-8-2-1-6(5-7(8)11(13,14)15)9(17)10(16)3-4-10/h1-2,5H,3-4,16H2. The number of halogens is 4. The average molecular weight is 247 g/mol. The minimum Gasteiger partial charge on any atom is -0.319 e. The molecule has 0 heterocycles. The van der Waals surface area contributed by atoms with Crippen molar-refractivity contribution in [3.05, 3.63) is 35.1 Å². The molecule has 1 fully saturated rings. The van der Waals surface area contributed by atoms with Gasteiger partial charge >= 0.3 is 6.18 Å². The molecule has 0 atom stereocenters. The lowest BCUT2D eigenvalue weighted by Crippen LogP contribution is -2.33. The molecule has 1 aliphatic rings. The van der Waals surface area contributed by atoms with E-state index in [4.69, 9.17) is 5.73 Å². The van der Waals surface area contributed by atoms with Crippen LogP contribution in [0.15, 0.2) is 18.2 Å². The summed E-state index contributed by atoms with van der Waals surface area (Å²) in [7, 11) is 0. The molecule has 0 amide bonds. The third-order valence-corrected chi connectivity index (χ3v) is 2.77. The molecular weight excluding hydrogens is 238 g/mol. The Morgan fingerprint density at radius 3 is 2.35 bits per heavy atom. The second-order valence-electron chi connectivity index (χ2n) is 4.18. The molecule has 2 N–H and O–H groups in total. The zero-order valence-electron chi connectivity index (χ0n) is 8.64. The topological polar surface area (TPSA) is 43.1 Å². The SMILES string of the molecule is NC1(C(=O)c2ccc(F)c(C(F)(F)F)c2)CC1. The quantitative estimate of drug-likeness (QED) is 0.644. The van der Waals surface area contributed by atoms with Crippen molar-refractivity contribution < 1.29 is 22.4 Å². The van der Waals surface area contributed by atoms with Crippen LogP contribution in [0, 0.1) is 5.82 Å². The molecule has 2 rings (SSSR count). The monoisotopic (exact) mass is 247 g/mol. The van der Waals surface area contributed by atoms with E-state index in [9.17, 15) is 22.4 Å². The molecule has 1 aliphatic carbocycles. The fourth-order valence-corrected chi connectivity index (χ4v) is 1.53. The lowest BCUT2D eigenvalue weighted by Gasteiger charge is -2.11. The Morgan fingerprint density at radius 1 is 1.29 bits per heavy atom. The second-order valence-corrected chi connectivity index (χ2v) is 4.18. The number of Topliss-reactive ketones (excluding diaryl/α,β-unsaturated/α-hetero) is 1. The van der Waals surface area contributed by atoms with Gasteiger partial charge in [-0.25, -0.2) is 4.39 Å². The van der Waals surface area contributed by atoms with Gasteiger partial charge in [0.2, 0.25) is 0 Å². The highest BCUT2D eigenvalue weighted by Gasteiger charge is 2.46. The molecule has 0 spiro atoms. The Balaban J connectivity index is 2.41. The number of benzene rings is 1. The van der Waals surface area contributed by atoms with Gasteiger partial charge in [-0.05, 0) is 31.0 Å². The van der Waals surface area contributed by atoms with E-state index in [1.807, 2.05) is 0 Å². The molecule has 17 heavy (non-hydrogen) atoms. The number of alkyl halides is 3. The zero-order valence-corrected chi connectivity index (χ0v) is 8.64. The van der Waals surface area contributed by atoms with Crippen molar-refractivity contribution in [2.75, 3.05) is 0 Å². The summed E-state index contributed by atoms with van der Waals surface area (Å²) in [5.74, 6) is -1.96. The Bertz CT molecular complexity index is 477. The van der Waals surface area contributed by atoms with Gasteiger partial charge in [0.05, 0.1) is 11.1 Å². The second kappa shape index (κ2) is 3.53. The zero-order chi connectivity index (χ0) is 12.8. The Morgan fingerprint density at radius 2 is 1.88 bits per heavy atom. The minimum absolute atomic E-state index is 0.196. The van der Waals surface area contributed by atoms with E-state index >= 15 is 0 Å². The molecule has 2 nitrogen and oxygen atoms in total. The number of hydrogen-bond acceptors (Lipinski definition) is 2. The van der Waals surface area contributed by atoms with E-state index in [0.717, 1.165) is 6.07 Å². The van der Waals surface area contributed by atoms with Crippen LogP contribution in [0.1, 0.15) is 28.8 Å². The molecular formula is C11H9F4NO. The summed E-state index contributed by atoms with van der Waals surface area (Å²) in [5.41, 5.74) is 2.91. The molecule has 6 heteroatoms. The minimum atomic E-state index is -4.81. The van der Waals surface area contributed by atoms with Crippen LogP contribution in [-0.2, 0) is 6.18 Å². The molecule has 0 unspecified atom stereocenters. The third-order valence-electron chi connectivity index (χ3n) is 2.77. The molecule has 0 radical (unpaired) electrons. The van der Waals surface area contributed by atoms with E-state index in [2.05, 4.69) is 0 Å². The van der Waals surface area contributed by atoms with Crippen LogP contribution < -0.4 is 5.73 Å². The average Bonchev–Trinajstić information content (AvgIpc) is 2.96. The molecule has 0 aromatic heterocycles. The van der Waals surface area contributed by atoms with Gasteiger partial charge < -0.3 is 5.73 Å². The first-order chi connectivity index (χ1) is 7.74. The van der Waals surface area contributed by atoms with Gasteiger partial charge in [-0.15, -0.1) is 0 Å². The van der Waals surface area contributed by atoms with E-state index < -0.39 is 28.9 Å². The smallest absolute Gasteiger partial charge is 0.319 e. The maximum absolute atomic E-state index is 13.0. The molecule has 1 aromatic carbocycles. The summed E-state index contributed by atoms with van der Waals surface area (Å²) in [4.78, 5) is 11.7. The summed E-state index contributed by atoms with van der Waals surface area (Å²) in [5, 5.41) is 0. The van der Waals surface area contributed by atoms with E-state index in [0.29, 0.717) is 25.0 Å². The summed E-state index contributed by atoms with van der Waals surface area (Å²) in [6, 6.07) is 2.19. The number of nitrogens with two attached hydrogens (primary N) is 1. The fraction of sp³-hybridized carbons (Fsp3) is 0.364. The number of carbonyl (C=O) groups is 1.